The van der Waals surface area contributed by atoms with Crippen molar-refractivity contribution in [3.63, 3.8) is 0 Å². The van der Waals surface area contributed by atoms with Gasteiger partial charge in [-0.25, -0.2) is 0 Å². The summed E-state index contributed by atoms with van der Waals surface area (Å²) in [5.74, 6) is 0. The number of para-hydroxylation sites is 3. The van der Waals surface area contributed by atoms with E-state index in [0.29, 0.717) is 0 Å². The molecule has 10 aromatic carbocycles. The van der Waals surface area contributed by atoms with Gasteiger partial charge in [-0.3, -0.25) is 0 Å². The van der Waals surface area contributed by atoms with Crippen LogP contribution in [0.3, 0.4) is 0 Å². The first-order valence-electron chi connectivity index (χ1n) is 21.9. The molecule has 0 unspecified atom stereocenters. The van der Waals surface area contributed by atoms with Crippen LogP contribution in [0.5, 0.6) is 0 Å². The first-order valence-corrected chi connectivity index (χ1v) is 21.9. The van der Waals surface area contributed by atoms with E-state index < -0.39 is 0 Å². The third-order valence-electron chi connectivity index (χ3n) is 12.8. The second-order valence-electron chi connectivity index (χ2n) is 16.5. The van der Waals surface area contributed by atoms with E-state index in [-0.39, 0.29) is 0 Å². The maximum atomic E-state index is 6.96. The van der Waals surface area contributed by atoms with Gasteiger partial charge in [0.1, 0.15) is 11.2 Å². The minimum atomic E-state index is 0.857. The van der Waals surface area contributed by atoms with Crippen molar-refractivity contribution < 1.29 is 4.42 Å². The Hall–Kier alpha value is -8.40. The van der Waals surface area contributed by atoms with E-state index in [1.807, 2.05) is 0 Å². The number of benzene rings is 10. The van der Waals surface area contributed by atoms with Crippen molar-refractivity contribution in [2.75, 3.05) is 4.90 Å². The molecule has 12 rings (SSSR count). The van der Waals surface area contributed by atoms with Crippen LogP contribution in [-0.4, -0.2) is 4.57 Å². The van der Waals surface area contributed by atoms with Gasteiger partial charge in [-0.2, -0.15) is 0 Å². The summed E-state index contributed by atoms with van der Waals surface area (Å²) in [6, 6.07) is 85.0. The van der Waals surface area contributed by atoms with Crippen LogP contribution >= 0.6 is 0 Å². The molecule has 0 saturated carbocycles. The Kier molecular flexibility index (Phi) is 9.05. The zero-order valence-corrected chi connectivity index (χ0v) is 35.3. The predicted molar refractivity (Wildman–Crippen MR) is 269 cm³/mol. The lowest BCUT2D eigenvalue weighted by atomic mass is 9.89. The number of furan rings is 1. The van der Waals surface area contributed by atoms with E-state index in [1.165, 1.54) is 60.8 Å². The molecule has 12 aromatic rings. The fraction of sp³-hybridized carbons (Fsp3) is 0.0164. The third kappa shape index (κ3) is 6.20. The number of hydrogen-bond donors (Lipinski definition) is 0. The molecule has 3 nitrogen and oxygen atoms in total. The Morgan fingerprint density at radius 2 is 0.859 bits per heavy atom. The van der Waals surface area contributed by atoms with Gasteiger partial charge in [0.2, 0.25) is 0 Å². The Labute approximate surface area is 372 Å². The third-order valence-corrected chi connectivity index (χ3v) is 12.8. The molecule has 0 atom stereocenters. The molecule has 0 spiro atoms. The average Bonchev–Trinajstić information content (AvgIpc) is 3.91. The van der Waals surface area contributed by atoms with Crippen molar-refractivity contribution in [1.82, 2.24) is 4.57 Å². The Morgan fingerprint density at radius 3 is 1.52 bits per heavy atom. The summed E-state index contributed by atoms with van der Waals surface area (Å²) >= 11 is 0. The van der Waals surface area contributed by atoms with E-state index in [4.69, 9.17) is 4.42 Å². The van der Waals surface area contributed by atoms with E-state index >= 15 is 0 Å². The number of hydrogen-bond acceptors (Lipinski definition) is 2. The number of aromatic nitrogens is 1. The number of anilines is 3. The standard InChI is InChI=1S/C61H42N2O/c1-41-54(39-37-49(44-19-7-3-8-20-44)59(41)45-21-9-4-10-22-45)62(47-33-29-43(30-34-47)42-17-5-2-6-18-42)57-40-38-53-52-25-13-16-28-58(52)64-61(53)60(57)46-31-35-48(36-32-46)63-55-26-14-11-23-50(55)51-24-12-15-27-56(51)63/h2-40H,1H3. The highest BCUT2D eigenvalue weighted by molar-refractivity contribution is 6.14. The van der Waals surface area contributed by atoms with Crippen molar-refractivity contribution in [2.24, 2.45) is 0 Å². The number of rotatable bonds is 8. The van der Waals surface area contributed by atoms with Crippen LogP contribution in [0.15, 0.2) is 241 Å². The summed E-state index contributed by atoms with van der Waals surface area (Å²) in [6.45, 7) is 2.27. The molecule has 0 saturated heterocycles. The quantitative estimate of drug-likeness (QED) is 0.152. The predicted octanol–water partition coefficient (Wildman–Crippen LogP) is 17.1. The minimum absolute atomic E-state index is 0.857. The van der Waals surface area contributed by atoms with Crippen LogP contribution in [0.25, 0.3) is 93.9 Å². The average molecular weight is 819 g/mol. The summed E-state index contributed by atoms with van der Waals surface area (Å²) in [5, 5.41) is 4.67. The van der Waals surface area contributed by atoms with Gasteiger partial charge in [0.05, 0.1) is 16.7 Å². The first-order chi connectivity index (χ1) is 31.7. The van der Waals surface area contributed by atoms with Gasteiger partial charge in [-0.1, -0.05) is 176 Å². The molecule has 2 aromatic heterocycles. The van der Waals surface area contributed by atoms with E-state index in [1.54, 1.807) is 0 Å². The van der Waals surface area contributed by atoms with Gasteiger partial charge in [-0.05, 0) is 112 Å². The van der Waals surface area contributed by atoms with Crippen molar-refractivity contribution >= 4 is 60.8 Å². The van der Waals surface area contributed by atoms with Gasteiger partial charge in [-0.15, -0.1) is 0 Å². The topological polar surface area (TPSA) is 21.3 Å². The van der Waals surface area contributed by atoms with Crippen molar-refractivity contribution in [1.29, 1.82) is 0 Å². The highest BCUT2D eigenvalue weighted by atomic mass is 16.3. The monoisotopic (exact) mass is 818 g/mol. The molecule has 0 aliphatic rings. The molecule has 64 heavy (non-hydrogen) atoms. The molecule has 0 aliphatic carbocycles. The van der Waals surface area contributed by atoms with Gasteiger partial charge in [0, 0.05) is 44.2 Å². The summed E-state index contributed by atoms with van der Waals surface area (Å²) in [6.07, 6.45) is 0. The fourth-order valence-corrected chi connectivity index (χ4v) is 9.84. The molecule has 0 fully saturated rings. The zero-order chi connectivity index (χ0) is 42.6. The molecule has 302 valence electrons. The van der Waals surface area contributed by atoms with Crippen LogP contribution in [0, 0.1) is 6.92 Å². The lowest BCUT2D eigenvalue weighted by Crippen LogP contribution is -2.13. The molecule has 3 heteroatoms. The second kappa shape index (κ2) is 15.5. The first kappa shape index (κ1) is 37.4. The SMILES string of the molecule is Cc1c(N(c2ccc(-c3ccccc3)cc2)c2ccc3c(oc4ccccc43)c2-c2ccc(-n3c4ccccc4c4ccccc43)cc2)ccc(-c2ccccc2)c1-c1ccccc1. The lowest BCUT2D eigenvalue weighted by Gasteiger charge is -2.31. The van der Waals surface area contributed by atoms with Gasteiger partial charge >= 0.3 is 0 Å². The van der Waals surface area contributed by atoms with E-state index in [9.17, 15) is 0 Å². The summed E-state index contributed by atoms with van der Waals surface area (Å²) in [7, 11) is 0. The highest BCUT2D eigenvalue weighted by Gasteiger charge is 2.26. The summed E-state index contributed by atoms with van der Waals surface area (Å²) in [5.41, 5.74) is 18.7. The van der Waals surface area contributed by atoms with Crippen LogP contribution in [-0.2, 0) is 0 Å². The molecular weight excluding hydrogens is 777 g/mol. The van der Waals surface area contributed by atoms with Crippen LogP contribution < -0.4 is 4.90 Å². The lowest BCUT2D eigenvalue weighted by molar-refractivity contribution is 0.670. The van der Waals surface area contributed by atoms with Crippen molar-refractivity contribution in [3.05, 3.63) is 242 Å². The summed E-state index contributed by atoms with van der Waals surface area (Å²) < 4.78 is 9.34. The molecule has 2 heterocycles. The van der Waals surface area contributed by atoms with Crippen LogP contribution in [0.1, 0.15) is 5.56 Å². The molecular formula is C61H42N2O. The number of nitrogens with zero attached hydrogens (tertiary/aromatic N) is 2. The molecule has 0 bridgehead atoms. The normalized spacial score (nSPS) is 11.5. The van der Waals surface area contributed by atoms with Gasteiger partial charge in [0.25, 0.3) is 0 Å². The maximum Gasteiger partial charge on any atom is 0.145 e. The molecule has 0 radical (unpaired) electrons. The van der Waals surface area contributed by atoms with Crippen molar-refractivity contribution in [3.8, 4) is 50.2 Å². The fourth-order valence-electron chi connectivity index (χ4n) is 9.84. The Balaban J connectivity index is 1.12. The largest absolute Gasteiger partial charge is 0.455 e. The summed E-state index contributed by atoms with van der Waals surface area (Å²) in [4.78, 5) is 2.44. The molecule has 0 aliphatic heterocycles. The minimum Gasteiger partial charge on any atom is -0.455 e. The van der Waals surface area contributed by atoms with Crippen LogP contribution in [0.4, 0.5) is 17.1 Å². The zero-order valence-electron chi connectivity index (χ0n) is 35.3. The maximum absolute atomic E-state index is 6.96. The smallest absolute Gasteiger partial charge is 0.145 e. The van der Waals surface area contributed by atoms with Gasteiger partial charge < -0.3 is 13.9 Å². The molecule has 0 amide bonds. The van der Waals surface area contributed by atoms with E-state index in [0.717, 1.165) is 55.8 Å². The Morgan fingerprint density at radius 1 is 0.359 bits per heavy atom. The molecule has 0 N–H and O–H groups in total. The Bertz CT molecular complexity index is 3590. The highest BCUT2D eigenvalue weighted by Crippen LogP contribution is 2.50. The van der Waals surface area contributed by atoms with Crippen LogP contribution in [0.2, 0.25) is 0 Å². The second-order valence-corrected chi connectivity index (χ2v) is 16.5. The van der Waals surface area contributed by atoms with E-state index in [2.05, 4.69) is 253 Å². The van der Waals surface area contributed by atoms with Crippen molar-refractivity contribution in [2.45, 2.75) is 6.92 Å². The number of fused-ring (bicyclic) bond motifs is 6. The van der Waals surface area contributed by atoms with Gasteiger partial charge in [0.15, 0.2) is 0 Å².